The van der Waals surface area contributed by atoms with Gasteiger partial charge in [0.15, 0.2) is 0 Å². The molecular formula is C24H29N5O3. The third-order valence-corrected chi connectivity index (χ3v) is 6.11. The van der Waals surface area contributed by atoms with E-state index in [2.05, 4.69) is 26.9 Å². The van der Waals surface area contributed by atoms with Crippen LogP contribution in [0.5, 0.6) is 0 Å². The summed E-state index contributed by atoms with van der Waals surface area (Å²) in [6, 6.07) is 13.3. The van der Waals surface area contributed by atoms with Gasteiger partial charge in [0.2, 0.25) is 5.91 Å². The Morgan fingerprint density at radius 1 is 1.00 bits per heavy atom. The fourth-order valence-corrected chi connectivity index (χ4v) is 4.22. The SMILES string of the molecule is CCN(CC)C(=O)CN1CCN(c2cccc(-n3cnc4cc(C(=O)O)ccc43)c2)CC1. The van der Waals surface area contributed by atoms with E-state index in [1.807, 2.05) is 35.4 Å². The van der Waals surface area contributed by atoms with E-state index in [9.17, 15) is 14.7 Å². The highest BCUT2D eigenvalue weighted by atomic mass is 16.4. The van der Waals surface area contributed by atoms with Crippen LogP contribution in [-0.4, -0.2) is 82.1 Å². The minimum Gasteiger partial charge on any atom is -0.478 e. The first-order valence-corrected chi connectivity index (χ1v) is 11.1. The Morgan fingerprint density at radius 2 is 1.72 bits per heavy atom. The summed E-state index contributed by atoms with van der Waals surface area (Å²) in [5, 5.41) is 9.20. The number of fused-ring (bicyclic) bond motifs is 1. The van der Waals surface area contributed by atoms with Crippen molar-refractivity contribution in [3.8, 4) is 5.69 Å². The Morgan fingerprint density at radius 3 is 2.41 bits per heavy atom. The van der Waals surface area contributed by atoms with Crippen molar-refractivity contribution in [2.45, 2.75) is 13.8 Å². The van der Waals surface area contributed by atoms with Gasteiger partial charge in [-0.15, -0.1) is 0 Å². The standard InChI is InChI=1S/C24H29N5O3/c1-3-27(4-2)23(30)16-26-10-12-28(13-11-26)19-6-5-7-20(15-19)29-17-25-21-14-18(24(31)32)8-9-22(21)29/h5-9,14-15,17H,3-4,10-13,16H2,1-2H3,(H,31,32). The maximum Gasteiger partial charge on any atom is 0.335 e. The van der Waals surface area contributed by atoms with Crippen molar-refractivity contribution in [2.75, 3.05) is 50.7 Å². The molecule has 0 radical (unpaired) electrons. The average molecular weight is 436 g/mol. The molecule has 0 saturated carbocycles. The number of hydrogen-bond acceptors (Lipinski definition) is 5. The van der Waals surface area contributed by atoms with Crippen LogP contribution < -0.4 is 4.90 Å². The van der Waals surface area contributed by atoms with E-state index in [0.29, 0.717) is 12.1 Å². The predicted octanol–water partition coefficient (Wildman–Crippen LogP) is 2.71. The average Bonchev–Trinajstić information content (AvgIpc) is 3.24. The largest absolute Gasteiger partial charge is 0.478 e. The third kappa shape index (κ3) is 4.45. The van der Waals surface area contributed by atoms with E-state index in [1.54, 1.807) is 24.5 Å². The molecule has 168 valence electrons. The molecule has 1 amide bonds. The number of amides is 1. The van der Waals surface area contributed by atoms with Crippen LogP contribution in [-0.2, 0) is 4.79 Å². The molecule has 4 rings (SSSR count). The summed E-state index contributed by atoms with van der Waals surface area (Å²) in [7, 11) is 0. The van der Waals surface area contributed by atoms with Gasteiger partial charge >= 0.3 is 5.97 Å². The lowest BCUT2D eigenvalue weighted by Gasteiger charge is -2.36. The van der Waals surface area contributed by atoms with E-state index >= 15 is 0 Å². The summed E-state index contributed by atoms with van der Waals surface area (Å²) in [6.45, 7) is 9.44. The Kier molecular flexibility index (Phi) is 6.41. The highest BCUT2D eigenvalue weighted by Gasteiger charge is 2.21. The predicted molar refractivity (Wildman–Crippen MR) is 125 cm³/mol. The highest BCUT2D eigenvalue weighted by molar-refractivity contribution is 5.92. The van der Waals surface area contributed by atoms with Crippen molar-refractivity contribution in [3.63, 3.8) is 0 Å². The number of carbonyl (C=O) groups is 2. The summed E-state index contributed by atoms with van der Waals surface area (Å²) in [4.78, 5) is 34.5. The zero-order valence-corrected chi connectivity index (χ0v) is 18.6. The molecule has 0 unspecified atom stereocenters. The maximum absolute atomic E-state index is 12.4. The molecule has 1 saturated heterocycles. The Balaban J connectivity index is 1.46. The first-order chi connectivity index (χ1) is 15.5. The summed E-state index contributed by atoms with van der Waals surface area (Å²) >= 11 is 0. The first-order valence-electron chi connectivity index (χ1n) is 11.1. The molecule has 2 heterocycles. The number of imidazole rings is 1. The van der Waals surface area contributed by atoms with E-state index in [4.69, 9.17) is 0 Å². The minimum atomic E-state index is -0.957. The number of hydrogen-bond donors (Lipinski definition) is 1. The van der Waals surface area contributed by atoms with Crippen LogP contribution in [0.1, 0.15) is 24.2 Å². The highest BCUT2D eigenvalue weighted by Crippen LogP contribution is 2.24. The van der Waals surface area contributed by atoms with Crippen molar-refractivity contribution < 1.29 is 14.7 Å². The summed E-state index contributed by atoms with van der Waals surface area (Å²) in [5.74, 6) is -0.759. The molecular weight excluding hydrogens is 406 g/mol. The molecule has 2 aromatic carbocycles. The van der Waals surface area contributed by atoms with Crippen LogP contribution >= 0.6 is 0 Å². The van der Waals surface area contributed by atoms with Gasteiger partial charge in [0, 0.05) is 50.6 Å². The lowest BCUT2D eigenvalue weighted by molar-refractivity contribution is -0.132. The third-order valence-electron chi connectivity index (χ3n) is 6.11. The van der Waals surface area contributed by atoms with Gasteiger partial charge in [-0.25, -0.2) is 9.78 Å². The first kappa shape index (κ1) is 21.8. The van der Waals surface area contributed by atoms with E-state index in [1.165, 1.54) is 0 Å². The molecule has 1 N–H and O–H groups in total. The second-order valence-electron chi connectivity index (χ2n) is 7.97. The molecule has 0 atom stereocenters. The molecule has 1 aliphatic heterocycles. The Labute approximate surface area is 187 Å². The molecule has 32 heavy (non-hydrogen) atoms. The van der Waals surface area contributed by atoms with Gasteiger partial charge in [-0.05, 0) is 50.2 Å². The van der Waals surface area contributed by atoms with Gasteiger partial charge < -0.3 is 14.9 Å². The fourth-order valence-electron chi connectivity index (χ4n) is 4.22. The normalized spacial score (nSPS) is 14.6. The lowest BCUT2D eigenvalue weighted by Crippen LogP contribution is -2.50. The number of rotatable bonds is 7. The summed E-state index contributed by atoms with van der Waals surface area (Å²) < 4.78 is 1.98. The van der Waals surface area contributed by atoms with Crippen LogP contribution in [0, 0.1) is 0 Å². The minimum absolute atomic E-state index is 0.198. The van der Waals surface area contributed by atoms with Crippen LogP contribution in [0.25, 0.3) is 16.7 Å². The molecule has 1 fully saturated rings. The molecule has 0 bridgehead atoms. The van der Waals surface area contributed by atoms with E-state index in [-0.39, 0.29) is 11.5 Å². The van der Waals surface area contributed by atoms with Crippen LogP contribution in [0.15, 0.2) is 48.8 Å². The summed E-state index contributed by atoms with van der Waals surface area (Å²) in [6.07, 6.45) is 1.73. The molecule has 1 aliphatic rings. The van der Waals surface area contributed by atoms with Gasteiger partial charge in [-0.2, -0.15) is 0 Å². The van der Waals surface area contributed by atoms with Gasteiger partial charge in [0.05, 0.1) is 23.1 Å². The molecule has 1 aromatic heterocycles. The van der Waals surface area contributed by atoms with Crippen LogP contribution in [0.3, 0.4) is 0 Å². The van der Waals surface area contributed by atoms with Gasteiger partial charge in [-0.3, -0.25) is 14.3 Å². The second kappa shape index (κ2) is 9.40. The second-order valence-corrected chi connectivity index (χ2v) is 7.97. The fraction of sp³-hybridized carbons (Fsp3) is 0.375. The van der Waals surface area contributed by atoms with Gasteiger partial charge in [0.1, 0.15) is 6.33 Å². The smallest absolute Gasteiger partial charge is 0.335 e. The van der Waals surface area contributed by atoms with Crippen molar-refractivity contribution in [1.82, 2.24) is 19.4 Å². The molecule has 8 nitrogen and oxygen atoms in total. The Hall–Kier alpha value is -3.39. The number of nitrogens with zero attached hydrogens (tertiary/aromatic N) is 5. The van der Waals surface area contributed by atoms with Crippen LogP contribution in [0.4, 0.5) is 5.69 Å². The van der Waals surface area contributed by atoms with Crippen molar-refractivity contribution in [1.29, 1.82) is 0 Å². The number of piperazine rings is 1. The quantitative estimate of drug-likeness (QED) is 0.615. The van der Waals surface area contributed by atoms with Crippen molar-refractivity contribution >= 4 is 28.6 Å². The molecule has 8 heteroatoms. The molecule has 0 spiro atoms. The monoisotopic (exact) mass is 435 g/mol. The van der Waals surface area contributed by atoms with E-state index < -0.39 is 5.97 Å². The number of anilines is 1. The summed E-state index contributed by atoms with van der Waals surface area (Å²) in [5.41, 5.74) is 3.86. The van der Waals surface area contributed by atoms with Crippen LogP contribution in [0.2, 0.25) is 0 Å². The lowest BCUT2D eigenvalue weighted by atomic mass is 10.2. The topological polar surface area (TPSA) is 81.9 Å². The number of carboxylic acid groups (broad SMARTS) is 1. The number of benzene rings is 2. The number of likely N-dealkylation sites (N-methyl/N-ethyl adjacent to an activating group) is 1. The number of carbonyl (C=O) groups excluding carboxylic acids is 1. The Bertz CT molecular complexity index is 1110. The zero-order chi connectivity index (χ0) is 22.7. The molecule has 3 aromatic rings. The van der Waals surface area contributed by atoms with Gasteiger partial charge in [0.25, 0.3) is 0 Å². The zero-order valence-electron chi connectivity index (χ0n) is 18.6. The van der Waals surface area contributed by atoms with E-state index in [0.717, 1.165) is 56.2 Å². The number of aromatic carboxylic acids is 1. The maximum atomic E-state index is 12.4. The van der Waals surface area contributed by atoms with Gasteiger partial charge in [-0.1, -0.05) is 6.07 Å². The number of carboxylic acids is 1. The number of aromatic nitrogens is 2. The molecule has 0 aliphatic carbocycles. The van der Waals surface area contributed by atoms with Crippen molar-refractivity contribution in [2.24, 2.45) is 0 Å². The van der Waals surface area contributed by atoms with Crippen molar-refractivity contribution in [3.05, 3.63) is 54.4 Å².